The molecule has 0 bridgehead atoms. The number of nitrogens with zero attached hydrogens (tertiary/aromatic N) is 6. The van der Waals surface area contributed by atoms with Crippen LogP contribution < -0.4 is 25.6 Å². The predicted octanol–water partition coefficient (Wildman–Crippen LogP) is 5.14. The number of hydrogen-bond acceptors (Lipinski definition) is 9. The van der Waals surface area contributed by atoms with Gasteiger partial charge in [0.25, 0.3) is 0 Å². The molecule has 1 saturated heterocycles. The zero-order chi connectivity index (χ0) is 28.8. The molecule has 0 atom stereocenters. The molecular weight excluding hydrogens is 545 g/mol. The minimum absolute atomic E-state index is 0.468. The zero-order valence-electron chi connectivity index (χ0n) is 24.5. The highest BCUT2D eigenvalue weighted by Gasteiger charge is 2.26. The summed E-state index contributed by atoms with van der Waals surface area (Å²) in [6, 6.07) is 8.28. The van der Waals surface area contributed by atoms with E-state index in [2.05, 4.69) is 74.8 Å². The maximum Gasteiger partial charge on any atom is 0.231 e. The van der Waals surface area contributed by atoms with Gasteiger partial charge >= 0.3 is 0 Å². The van der Waals surface area contributed by atoms with E-state index in [1.165, 1.54) is 22.1 Å². The minimum Gasteiger partial charge on any atom is -0.491 e. The topological polar surface area (TPSA) is 107 Å². The second-order valence-corrected chi connectivity index (χ2v) is 13.5. The van der Waals surface area contributed by atoms with Gasteiger partial charge in [0.05, 0.1) is 28.7 Å². The van der Waals surface area contributed by atoms with Crippen molar-refractivity contribution in [2.45, 2.75) is 19.8 Å². The largest absolute Gasteiger partial charge is 0.491 e. The first-order chi connectivity index (χ1) is 20.5. The van der Waals surface area contributed by atoms with E-state index >= 15 is 0 Å². The average Bonchev–Trinajstić information content (AvgIpc) is 3.47. The zero-order valence-corrected chi connectivity index (χ0v) is 25.4. The summed E-state index contributed by atoms with van der Waals surface area (Å²) in [4.78, 5) is 27.2. The summed E-state index contributed by atoms with van der Waals surface area (Å²) >= 11 is 0. The van der Waals surface area contributed by atoms with Crippen molar-refractivity contribution in [3.05, 3.63) is 54.0 Å². The van der Waals surface area contributed by atoms with Crippen LogP contribution in [0.3, 0.4) is 0 Å². The van der Waals surface area contributed by atoms with E-state index in [9.17, 15) is 0 Å². The Morgan fingerprint density at radius 1 is 0.976 bits per heavy atom. The number of ether oxygens (including phenoxy) is 1. The second-order valence-electron chi connectivity index (χ2n) is 11.3. The van der Waals surface area contributed by atoms with Crippen LogP contribution in [0.1, 0.15) is 17.5 Å². The first-order valence-corrected chi connectivity index (χ1v) is 16.7. The Balaban J connectivity index is 1.27. The molecule has 0 saturated carbocycles. The van der Waals surface area contributed by atoms with Crippen molar-refractivity contribution in [3.63, 3.8) is 0 Å². The summed E-state index contributed by atoms with van der Waals surface area (Å²) in [5.41, 5.74) is 8.33. The second kappa shape index (κ2) is 11.0. The molecule has 0 unspecified atom stereocenters. The van der Waals surface area contributed by atoms with Crippen molar-refractivity contribution in [2.24, 2.45) is 0 Å². The number of rotatable bonds is 6. The standard InChI is InChI=1S/C31H36N9OP/c1-19-18-24(27-20(6-5-17-41-27)26(19)40-15-13-39(2)14-16-40)36-31-37-29-21(9-10-34-29)30(38-31)35-23-8-7-22-25(28(23)42(3)4)33-12-11-32-22/h7-12,18H,5-6,13-17H2,1-4H3,(H3,34,35,36,37,38). The highest BCUT2D eigenvalue weighted by molar-refractivity contribution is 7.65. The van der Waals surface area contributed by atoms with Crippen LogP contribution in [0.15, 0.2) is 42.9 Å². The lowest BCUT2D eigenvalue weighted by atomic mass is 9.97. The number of aromatic amines is 1. The summed E-state index contributed by atoms with van der Waals surface area (Å²) < 4.78 is 6.33. The Morgan fingerprint density at radius 3 is 2.64 bits per heavy atom. The number of anilines is 5. The molecule has 0 radical (unpaired) electrons. The fourth-order valence-corrected chi connectivity index (χ4v) is 7.37. The van der Waals surface area contributed by atoms with Gasteiger partial charge in [0.2, 0.25) is 5.95 Å². The molecule has 3 N–H and O–H groups in total. The van der Waals surface area contributed by atoms with Crippen molar-refractivity contribution in [2.75, 3.05) is 68.7 Å². The SMILES string of the molecule is Cc1cc(Nc2nc(Nc3ccc4nccnc4c3P(C)C)c3cc[nH]c3n2)c2c(c1N1CCN(C)CC1)CCCO2. The molecule has 0 spiro atoms. The molecule has 2 aromatic carbocycles. The molecular formula is C31H36N9OP. The van der Waals surface area contributed by atoms with Crippen LogP contribution in [0.2, 0.25) is 0 Å². The summed E-state index contributed by atoms with van der Waals surface area (Å²) in [5.74, 6) is 2.15. The third kappa shape index (κ3) is 4.88. The van der Waals surface area contributed by atoms with E-state index in [-0.39, 0.29) is 0 Å². The van der Waals surface area contributed by atoms with Gasteiger partial charge in [-0.25, -0.2) is 0 Å². The highest BCUT2D eigenvalue weighted by atomic mass is 31.1. The predicted molar refractivity (Wildman–Crippen MR) is 173 cm³/mol. The number of nitrogens with one attached hydrogen (secondary N) is 3. The molecule has 5 aromatic rings. The summed E-state index contributed by atoms with van der Waals surface area (Å²) in [7, 11) is 1.73. The maximum atomic E-state index is 6.33. The van der Waals surface area contributed by atoms with Gasteiger partial charge in [0.15, 0.2) is 0 Å². The van der Waals surface area contributed by atoms with E-state index in [0.717, 1.165) is 84.0 Å². The first kappa shape index (κ1) is 26.9. The Labute approximate surface area is 246 Å². The van der Waals surface area contributed by atoms with E-state index < -0.39 is 7.92 Å². The summed E-state index contributed by atoms with van der Waals surface area (Å²) in [6.07, 6.45) is 7.41. The molecule has 2 aliphatic heterocycles. The average molecular weight is 582 g/mol. The molecule has 5 heterocycles. The Hall–Kier alpha value is -4.01. The fourth-order valence-electron chi connectivity index (χ4n) is 6.16. The third-order valence-corrected chi connectivity index (χ3v) is 9.50. The van der Waals surface area contributed by atoms with Crippen molar-refractivity contribution in [1.82, 2.24) is 29.8 Å². The Morgan fingerprint density at radius 2 is 1.81 bits per heavy atom. The lowest BCUT2D eigenvalue weighted by Crippen LogP contribution is -2.45. The molecule has 1 fully saturated rings. The number of aryl methyl sites for hydroxylation is 1. The van der Waals surface area contributed by atoms with Crippen molar-refractivity contribution < 1.29 is 4.74 Å². The number of aromatic nitrogens is 5. The van der Waals surface area contributed by atoms with Crippen LogP contribution in [0, 0.1) is 6.92 Å². The summed E-state index contributed by atoms with van der Waals surface area (Å²) in [5, 5.41) is 9.25. The van der Waals surface area contributed by atoms with Gasteiger partial charge in [0, 0.05) is 67.0 Å². The highest BCUT2D eigenvalue weighted by Crippen LogP contribution is 2.43. The molecule has 7 rings (SSSR count). The maximum absolute atomic E-state index is 6.33. The van der Waals surface area contributed by atoms with Crippen LogP contribution in [0.4, 0.5) is 28.8 Å². The minimum atomic E-state index is -0.468. The fraction of sp³-hybridized carbons (Fsp3) is 0.355. The summed E-state index contributed by atoms with van der Waals surface area (Å²) in [6.45, 7) is 11.6. The lowest BCUT2D eigenvalue weighted by molar-refractivity contribution is 0.288. The van der Waals surface area contributed by atoms with Crippen molar-refractivity contribution in [1.29, 1.82) is 0 Å². The van der Waals surface area contributed by atoms with Gasteiger partial charge in [-0.15, -0.1) is 0 Å². The number of fused-ring (bicyclic) bond motifs is 3. The van der Waals surface area contributed by atoms with E-state index in [0.29, 0.717) is 12.6 Å². The normalized spacial score (nSPS) is 15.7. The van der Waals surface area contributed by atoms with Gasteiger partial charge < -0.3 is 30.2 Å². The number of likely N-dealkylation sites (N-methyl/N-ethyl adjacent to an activating group) is 1. The molecule has 216 valence electrons. The van der Waals surface area contributed by atoms with Gasteiger partial charge in [0.1, 0.15) is 17.2 Å². The van der Waals surface area contributed by atoms with E-state index in [4.69, 9.17) is 14.7 Å². The molecule has 3 aromatic heterocycles. The van der Waals surface area contributed by atoms with Gasteiger partial charge in [-0.2, -0.15) is 9.97 Å². The molecule has 2 aliphatic rings. The van der Waals surface area contributed by atoms with Crippen LogP contribution in [0.25, 0.3) is 22.1 Å². The Bertz CT molecular complexity index is 1780. The van der Waals surface area contributed by atoms with Crippen LogP contribution in [-0.2, 0) is 6.42 Å². The molecule has 0 amide bonds. The van der Waals surface area contributed by atoms with Crippen LogP contribution in [-0.4, -0.2) is 83.0 Å². The number of H-pyrrole nitrogens is 1. The molecule has 0 aliphatic carbocycles. The molecule has 42 heavy (non-hydrogen) atoms. The number of hydrogen-bond donors (Lipinski definition) is 3. The van der Waals surface area contributed by atoms with Gasteiger partial charge in [-0.3, -0.25) is 9.97 Å². The smallest absolute Gasteiger partial charge is 0.231 e. The third-order valence-electron chi connectivity index (χ3n) is 8.15. The lowest BCUT2D eigenvalue weighted by Gasteiger charge is -2.37. The number of benzene rings is 2. The first-order valence-electron chi connectivity index (χ1n) is 14.5. The quantitative estimate of drug-likeness (QED) is 0.235. The van der Waals surface area contributed by atoms with Gasteiger partial charge in [-0.05, 0) is 70.0 Å². The monoisotopic (exact) mass is 581 g/mol. The molecule has 10 nitrogen and oxygen atoms in total. The van der Waals surface area contributed by atoms with Crippen LogP contribution in [0.5, 0.6) is 5.75 Å². The van der Waals surface area contributed by atoms with Gasteiger partial charge in [-0.1, -0.05) is 7.92 Å². The van der Waals surface area contributed by atoms with E-state index in [1.807, 2.05) is 18.3 Å². The van der Waals surface area contributed by atoms with E-state index in [1.54, 1.807) is 12.4 Å². The molecule has 11 heteroatoms. The Kier molecular flexibility index (Phi) is 7.04. The number of piperazine rings is 1. The van der Waals surface area contributed by atoms with Crippen molar-refractivity contribution >= 4 is 64.1 Å². The van der Waals surface area contributed by atoms with Crippen LogP contribution >= 0.6 is 7.92 Å². The van der Waals surface area contributed by atoms with Crippen molar-refractivity contribution in [3.8, 4) is 5.75 Å².